The number of nitrogens with zero attached hydrogens (tertiary/aromatic N) is 2. The molecule has 0 spiro atoms. The van der Waals surface area contributed by atoms with Crippen molar-refractivity contribution in [2.75, 3.05) is 9.80 Å². The quantitative estimate of drug-likeness (QED) is 0.286. The van der Waals surface area contributed by atoms with Crippen LogP contribution in [-0.2, 0) is 9.59 Å². The number of hydrogen-bond acceptors (Lipinski definition) is 4. The van der Waals surface area contributed by atoms with Gasteiger partial charge in [-0.15, -0.1) is 0 Å². The zero-order valence-corrected chi connectivity index (χ0v) is 21.2. The lowest BCUT2D eigenvalue weighted by molar-refractivity contribution is -0.122. The average Bonchev–Trinajstić information content (AvgIpc) is 3.32. The Hall–Kier alpha value is -2.93. The number of ketones is 1. The number of anilines is 2. The summed E-state index contributed by atoms with van der Waals surface area (Å²) in [6.45, 7) is 0. The smallest absolute Gasteiger partial charge is 0.240 e. The van der Waals surface area contributed by atoms with E-state index in [0.29, 0.717) is 21.3 Å². The second-order valence-corrected chi connectivity index (χ2v) is 10.6. The average molecular weight is 568 g/mol. The van der Waals surface area contributed by atoms with Gasteiger partial charge in [-0.1, -0.05) is 75.5 Å². The van der Waals surface area contributed by atoms with E-state index >= 15 is 0 Å². The Bertz CT molecular complexity index is 1440. The lowest BCUT2D eigenvalue weighted by Crippen LogP contribution is -2.48. The van der Waals surface area contributed by atoms with E-state index in [-0.39, 0.29) is 11.7 Å². The molecular formula is C27H17BrCl2N2O3. The molecule has 0 saturated carbocycles. The van der Waals surface area contributed by atoms with Crippen LogP contribution in [0.2, 0.25) is 10.0 Å². The van der Waals surface area contributed by atoms with Gasteiger partial charge >= 0.3 is 0 Å². The Morgan fingerprint density at radius 1 is 0.857 bits per heavy atom. The van der Waals surface area contributed by atoms with E-state index in [9.17, 15) is 14.4 Å². The molecule has 0 aromatic heterocycles. The number of benzene rings is 3. The topological polar surface area (TPSA) is 57.7 Å². The molecule has 2 saturated heterocycles. The summed E-state index contributed by atoms with van der Waals surface area (Å²) in [6, 6.07) is 17.8. The van der Waals surface area contributed by atoms with Crippen LogP contribution in [-0.4, -0.2) is 29.7 Å². The molecule has 6 rings (SSSR count). The van der Waals surface area contributed by atoms with Crippen molar-refractivity contribution in [1.82, 2.24) is 0 Å². The first-order valence-corrected chi connectivity index (χ1v) is 12.6. The minimum absolute atomic E-state index is 0.217. The standard InChI is InChI=1S/C27H17BrCl2N2O3/c28-16-8-4-15(5-9-16)25(33)24-23-22(20-11-7-14-6-10-18(30)13-21(14)32(20)24)26(34)31(27(23)35)19-3-1-2-17(29)12-19/h1-13,20,22-24H. The van der Waals surface area contributed by atoms with Gasteiger partial charge in [0.05, 0.1) is 23.6 Å². The van der Waals surface area contributed by atoms with Crippen LogP contribution < -0.4 is 9.80 Å². The number of carbonyl (C=O) groups excluding carboxylic acids is 3. The minimum Gasteiger partial charge on any atom is -0.352 e. The first kappa shape index (κ1) is 22.5. The maximum atomic E-state index is 14.0. The molecule has 4 unspecified atom stereocenters. The molecule has 3 aliphatic rings. The van der Waals surface area contributed by atoms with E-state index in [1.165, 1.54) is 4.90 Å². The zero-order chi connectivity index (χ0) is 24.4. The van der Waals surface area contributed by atoms with E-state index in [1.54, 1.807) is 60.7 Å². The van der Waals surface area contributed by atoms with Crippen LogP contribution in [0.25, 0.3) is 6.08 Å². The summed E-state index contributed by atoms with van der Waals surface area (Å²) in [5, 5.41) is 0.938. The number of imide groups is 1. The Balaban J connectivity index is 1.51. The second kappa shape index (κ2) is 8.33. The summed E-state index contributed by atoms with van der Waals surface area (Å²) < 4.78 is 0.841. The van der Waals surface area contributed by atoms with Gasteiger partial charge < -0.3 is 4.90 Å². The van der Waals surface area contributed by atoms with Crippen molar-refractivity contribution in [2.24, 2.45) is 11.8 Å². The van der Waals surface area contributed by atoms with E-state index < -0.39 is 29.8 Å². The molecule has 8 heteroatoms. The molecule has 0 radical (unpaired) electrons. The van der Waals surface area contributed by atoms with Crippen LogP contribution in [0.15, 0.2) is 77.3 Å². The summed E-state index contributed by atoms with van der Waals surface area (Å²) in [5.41, 5.74) is 2.50. The molecule has 0 bridgehead atoms. The number of halogens is 3. The third-order valence-corrected chi connectivity index (χ3v) is 7.93. The van der Waals surface area contributed by atoms with Gasteiger partial charge in [0.1, 0.15) is 6.04 Å². The SMILES string of the molecule is O=C(c1ccc(Br)cc1)C1C2C(=O)N(c3cccc(Cl)c3)C(=O)C2C2C=Cc3ccc(Cl)cc3N21. The first-order valence-electron chi connectivity index (χ1n) is 11.0. The second-order valence-electron chi connectivity index (χ2n) is 8.82. The van der Waals surface area contributed by atoms with Gasteiger partial charge in [0.25, 0.3) is 0 Å². The fraction of sp³-hybridized carbons (Fsp3) is 0.148. The lowest BCUT2D eigenvalue weighted by Gasteiger charge is -2.36. The third-order valence-electron chi connectivity index (χ3n) is 6.93. The number of hydrogen-bond donors (Lipinski definition) is 0. The van der Waals surface area contributed by atoms with Crippen LogP contribution in [0, 0.1) is 11.8 Å². The number of Topliss-reactive ketones (excluding diaryl/α,β-unsaturated/α-hetero) is 1. The predicted octanol–water partition coefficient (Wildman–Crippen LogP) is 6.03. The van der Waals surface area contributed by atoms with Crippen molar-refractivity contribution >= 4 is 74.2 Å². The fourth-order valence-corrected chi connectivity index (χ4v) is 6.10. The van der Waals surface area contributed by atoms with Gasteiger partial charge in [-0.3, -0.25) is 14.4 Å². The fourth-order valence-electron chi connectivity index (χ4n) is 5.49. The van der Waals surface area contributed by atoms with Crippen molar-refractivity contribution in [2.45, 2.75) is 12.1 Å². The molecule has 4 atom stereocenters. The van der Waals surface area contributed by atoms with Crippen LogP contribution in [0.1, 0.15) is 15.9 Å². The number of rotatable bonds is 3. The van der Waals surface area contributed by atoms with Crippen molar-refractivity contribution in [3.8, 4) is 0 Å². The van der Waals surface area contributed by atoms with Crippen LogP contribution in [0.5, 0.6) is 0 Å². The Morgan fingerprint density at radius 3 is 2.31 bits per heavy atom. The van der Waals surface area contributed by atoms with Crippen molar-refractivity contribution < 1.29 is 14.4 Å². The number of fused-ring (bicyclic) bond motifs is 5. The third kappa shape index (κ3) is 3.46. The molecule has 3 aromatic carbocycles. The maximum Gasteiger partial charge on any atom is 0.240 e. The molecule has 3 aliphatic heterocycles. The molecule has 0 N–H and O–H groups in total. The van der Waals surface area contributed by atoms with Crippen molar-refractivity contribution in [3.63, 3.8) is 0 Å². The van der Waals surface area contributed by atoms with Gasteiger partial charge in [0.15, 0.2) is 5.78 Å². The summed E-state index contributed by atoms with van der Waals surface area (Å²) in [6.07, 6.45) is 3.84. The Morgan fingerprint density at radius 2 is 1.57 bits per heavy atom. The number of amides is 2. The highest BCUT2D eigenvalue weighted by atomic mass is 79.9. The highest BCUT2D eigenvalue weighted by molar-refractivity contribution is 9.10. The van der Waals surface area contributed by atoms with Crippen LogP contribution in [0.3, 0.4) is 0 Å². The van der Waals surface area contributed by atoms with E-state index in [4.69, 9.17) is 23.2 Å². The number of carbonyl (C=O) groups is 3. The molecule has 35 heavy (non-hydrogen) atoms. The summed E-state index contributed by atoms with van der Waals surface area (Å²) in [4.78, 5) is 44.7. The lowest BCUT2D eigenvalue weighted by atomic mass is 9.86. The predicted molar refractivity (Wildman–Crippen MR) is 140 cm³/mol. The summed E-state index contributed by atoms with van der Waals surface area (Å²) in [7, 11) is 0. The van der Waals surface area contributed by atoms with Crippen molar-refractivity contribution in [3.05, 3.63) is 98.5 Å². The van der Waals surface area contributed by atoms with Crippen LogP contribution in [0.4, 0.5) is 11.4 Å². The molecule has 3 heterocycles. The molecule has 3 aromatic rings. The van der Waals surface area contributed by atoms with Gasteiger partial charge in [0, 0.05) is 25.8 Å². The Labute approximate surface area is 220 Å². The maximum absolute atomic E-state index is 14.0. The van der Waals surface area contributed by atoms with Gasteiger partial charge in [-0.25, -0.2) is 4.90 Å². The summed E-state index contributed by atoms with van der Waals surface area (Å²) >= 11 is 15.9. The monoisotopic (exact) mass is 566 g/mol. The molecule has 174 valence electrons. The largest absolute Gasteiger partial charge is 0.352 e. The highest BCUT2D eigenvalue weighted by Crippen LogP contribution is 2.50. The minimum atomic E-state index is -0.867. The van der Waals surface area contributed by atoms with Gasteiger partial charge in [-0.05, 0) is 48.0 Å². The van der Waals surface area contributed by atoms with E-state index in [0.717, 1.165) is 15.7 Å². The van der Waals surface area contributed by atoms with Crippen molar-refractivity contribution in [1.29, 1.82) is 0 Å². The van der Waals surface area contributed by atoms with Gasteiger partial charge in [0.2, 0.25) is 11.8 Å². The molecule has 5 nitrogen and oxygen atoms in total. The molecule has 2 fully saturated rings. The Kier molecular flexibility index (Phi) is 5.36. The zero-order valence-electron chi connectivity index (χ0n) is 18.1. The molecule has 0 aliphatic carbocycles. The van der Waals surface area contributed by atoms with E-state index in [2.05, 4.69) is 15.9 Å². The van der Waals surface area contributed by atoms with E-state index in [1.807, 2.05) is 23.1 Å². The van der Waals surface area contributed by atoms with Crippen LogP contribution >= 0.6 is 39.1 Å². The summed E-state index contributed by atoms with van der Waals surface area (Å²) in [5.74, 6) is -2.51. The normalized spacial score (nSPS) is 24.4. The first-order chi connectivity index (χ1) is 16.8. The molecule has 2 amide bonds. The molecular weight excluding hydrogens is 551 g/mol. The highest BCUT2D eigenvalue weighted by Gasteiger charge is 2.64. The van der Waals surface area contributed by atoms with Gasteiger partial charge in [-0.2, -0.15) is 0 Å².